The number of alkyl halides is 1. The summed E-state index contributed by atoms with van der Waals surface area (Å²) >= 11 is 5.88. The molecule has 82 valence electrons. The Morgan fingerprint density at radius 3 is 2.62 bits per heavy atom. The summed E-state index contributed by atoms with van der Waals surface area (Å²) in [6.07, 6.45) is 0.470. The number of carbonyl (C=O) groups excluding carboxylic acids is 1. The molecule has 0 bridgehead atoms. The van der Waals surface area contributed by atoms with Gasteiger partial charge in [0.15, 0.2) is 0 Å². The Morgan fingerprint density at radius 2 is 1.88 bits per heavy atom. The van der Waals surface area contributed by atoms with Gasteiger partial charge < -0.3 is 5.73 Å². The Hall–Kier alpha value is -1.54. The van der Waals surface area contributed by atoms with Gasteiger partial charge >= 0.3 is 0 Å². The monoisotopic (exact) mass is 233 g/mol. The molecule has 0 saturated heterocycles. The van der Waals surface area contributed by atoms with Crippen LogP contribution in [0.15, 0.2) is 42.5 Å². The van der Waals surface area contributed by atoms with Gasteiger partial charge in [-0.15, -0.1) is 11.6 Å². The van der Waals surface area contributed by atoms with E-state index in [1.807, 2.05) is 42.5 Å². The van der Waals surface area contributed by atoms with E-state index in [0.29, 0.717) is 6.42 Å². The maximum absolute atomic E-state index is 10.9. The number of amides is 1. The van der Waals surface area contributed by atoms with Crippen molar-refractivity contribution >= 4 is 28.3 Å². The maximum atomic E-state index is 10.9. The third-order valence-corrected chi connectivity index (χ3v) is 2.96. The zero-order chi connectivity index (χ0) is 11.5. The van der Waals surface area contributed by atoms with E-state index in [1.54, 1.807) is 0 Å². The molecule has 0 radical (unpaired) electrons. The summed E-state index contributed by atoms with van der Waals surface area (Å²) < 4.78 is 0. The SMILES string of the molecule is NC(=O)C(Cl)Cc1cccc2ccccc12. The zero-order valence-electron chi connectivity index (χ0n) is 8.69. The zero-order valence-corrected chi connectivity index (χ0v) is 9.45. The van der Waals surface area contributed by atoms with Crippen LogP contribution < -0.4 is 5.73 Å². The highest BCUT2D eigenvalue weighted by molar-refractivity contribution is 6.30. The molecule has 2 aromatic carbocycles. The minimum Gasteiger partial charge on any atom is -0.368 e. The average Bonchev–Trinajstić information content (AvgIpc) is 2.29. The van der Waals surface area contributed by atoms with Crippen LogP contribution in [0.3, 0.4) is 0 Å². The average molecular weight is 234 g/mol. The minimum atomic E-state index is -0.647. The van der Waals surface area contributed by atoms with Crippen molar-refractivity contribution in [3.05, 3.63) is 48.0 Å². The molecule has 2 nitrogen and oxygen atoms in total. The molecular weight excluding hydrogens is 222 g/mol. The van der Waals surface area contributed by atoms with Gasteiger partial charge in [0.2, 0.25) is 5.91 Å². The summed E-state index contributed by atoms with van der Waals surface area (Å²) in [5.74, 6) is -0.477. The largest absolute Gasteiger partial charge is 0.368 e. The normalized spacial score (nSPS) is 12.6. The van der Waals surface area contributed by atoms with Crippen molar-refractivity contribution in [2.24, 2.45) is 5.73 Å². The van der Waals surface area contributed by atoms with Crippen LogP contribution >= 0.6 is 11.6 Å². The van der Waals surface area contributed by atoms with E-state index in [9.17, 15) is 4.79 Å². The second kappa shape index (κ2) is 4.54. The van der Waals surface area contributed by atoms with Crippen molar-refractivity contribution in [3.8, 4) is 0 Å². The summed E-state index contributed by atoms with van der Waals surface area (Å²) in [6.45, 7) is 0. The highest BCUT2D eigenvalue weighted by Crippen LogP contribution is 2.20. The summed E-state index contributed by atoms with van der Waals surface area (Å²) in [7, 11) is 0. The molecule has 0 aromatic heterocycles. The summed E-state index contributed by atoms with van der Waals surface area (Å²) in [5, 5.41) is 1.62. The minimum absolute atomic E-state index is 0.470. The van der Waals surface area contributed by atoms with Gasteiger partial charge in [0.1, 0.15) is 5.38 Å². The van der Waals surface area contributed by atoms with E-state index in [2.05, 4.69) is 0 Å². The molecule has 2 rings (SSSR count). The quantitative estimate of drug-likeness (QED) is 0.814. The number of hydrogen-bond acceptors (Lipinski definition) is 1. The molecule has 0 aliphatic carbocycles. The summed E-state index contributed by atoms with van der Waals surface area (Å²) in [5.41, 5.74) is 6.21. The van der Waals surface area contributed by atoms with Gasteiger partial charge in [0.05, 0.1) is 0 Å². The van der Waals surface area contributed by atoms with Crippen molar-refractivity contribution < 1.29 is 4.79 Å². The van der Waals surface area contributed by atoms with Crippen LogP contribution in [-0.4, -0.2) is 11.3 Å². The van der Waals surface area contributed by atoms with E-state index in [1.165, 1.54) is 0 Å². The van der Waals surface area contributed by atoms with Crippen molar-refractivity contribution in [1.82, 2.24) is 0 Å². The molecule has 0 fully saturated rings. The highest BCUT2D eigenvalue weighted by atomic mass is 35.5. The first kappa shape index (κ1) is 11.0. The Bertz CT molecular complexity index is 519. The van der Waals surface area contributed by atoms with Gasteiger partial charge in [-0.2, -0.15) is 0 Å². The van der Waals surface area contributed by atoms with Crippen LogP contribution in [0.25, 0.3) is 10.8 Å². The number of benzene rings is 2. The van der Waals surface area contributed by atoms with Crippen LogP contribution in [0.5, 0.6) is 0 Å². The predicted molar refractivity (Wildman–Crippen MR) is 66.5 cm³/mol. The Kier molecular flexibility index (Phi) is 3.11. The van der Waals surface area contributed by atoms with Crippen molar-refractivity contribution in [2.75, 3.05) is 0 Å². The smallest absolute Gasteiger partial charge is 0.235 e. The van der Waals surface area contributed by atoms with E-state index >= 15 is 0 Å². The number of primary amides is 1. The third-order valence-electron chi connectivity index (χ3n) is 2.59. The molecule has 2 N–H and O–H groups in total. The molecule has 1 unspecified atom stereocenters. The van der Waals surface area contributed by atoms with Crippen molar-refractivity contribution in [1.29, 1.82) is 0 Å². The maximum Gasteiger partial charge on any atom is 0.235 e. The van der Waals surface area contributed by atoms with Gasteiger partial charge in [0.25, 0.3) is 0 Å². The van der Waals surface area contributed by atoms with Crippen LogP contribution in [0.2, 0.25) is 0 Å². The fraction of sp³-hybridized carbons (Fsp3) is 0.154. The van der Waals surface area contributed by atoms with E-state index < -0.39 is 11.3 Å². The molecule has 1 amide bonds. The third kappa shape index (κ3) is 2.17. The van der Waals surface area contributed by atoms with Crippen LogP contribution in [0, 0.1) is 0 Å². The number of rotatable bonds is 3. The van der Waals surface area contributed by atoms with Crippen molar-refractivity contribution in [3.63, 3.8) is 0 Å². The Labute approximate surface area is 99.0 Å². The molecule has 1 atom stereocenters. The first-order valence-electron chi connectivity index (χ1n) is 5.08. The first-order chi connectivity index (χ1) is 7.68. The van der Waals surface area contributed by atoms with E-state index in [0.717, 1.165) is 16.3 Å². The second-order valence-corrected chi connectivity index (χ2v) is 4.24. The second-order valence-electron chi connectivity index (χ2n) is 3.71. The van der Waals surface area contributed by atoms with Gasteiger partial charge in [-0.1, -0.05) is 42.5 Å². The molecule has 0 saturated carbocycles. The summed E-state index contributed by atoms with van der Waals surface area (Å²) in [6, 6.07) is 14.0. The molecule has 0 aliphatic rings. The molecule has 16 heavy (non-hydrogen) atoms. The lowest BCUT2D eigenvalue weighted by atomic mass is 10.0. The molecule has 3 heteroatoms. The van der Waals surface area contributed by atoms with Crippen LogP contribution in [0.4, 0.5) is 0 Å². The first-order valence-corrected chi connectivity index (χ1v) is 5.52. The topological polar surface area (TPSA) is 43.1 Å². The molecule has 2 aromatic rings. The number of nitrogens with two attached hydrogens (primary N) is 1. The number of carbonyl (C=O) groups is 1. The van der Waals surface area contributed by atoms with Crippen LogP contribution in [0.1, 0.15) is 5.56 Å². The predicted octanol–water partition coefficient (Wildman–Crippen LogP) is 2.48. The molecule has 0 heterocycles. The van der Waals surface area contributed by atoms with E-state index in [4.69, 9.17) is 17.3 Å². The van der Waals surface area contributed by atoms with E-state index in [-0.39, 0.29) is 0 Å². The number of halogens is 1. The lowest BCUT2D eigenvalue weighted by molar-refractivity contribution is -0.117. The Morgan fingerprint density at radius 1 is 1.19 bits per heavy atom. The summed E-state index contributed by atoms with van der Waals surface area (Å²) in [4.78, 5) is 10.9. The van der Waals surface area contributed by atoms with Gasteiger partial charge in [-0.25, -0.2) is 0 Å². The fourth-order valence-corrected chi connectivity index (χ4v) is 1.93. The Balaban J connectivity index is 2.41. The number of hydrogen-bond donors (Lipinski definition) is 1. The standard InChI is InChI=1S/C13H12ClNO/c14-12(13(15)16)8-10-6-3-5-9-4-1-2-7-11(9)10/h1-7,12H,8H2,(H2,15,16). The highest BCUT2D eigenvalue weighted by Gasteiger charge is 2.13. The molecule has 0 aliphatic heterocycles. The van der Waals surface area contributed by atoms with Gasteiger partial charge in [-0.05, 0) is 22.8 Å². The lowest BCUT2D eigenvalue weighted by Gasteiger charge is -2.08. The van der Waals surface area contributed by atoms with Crippen LogP contribution in [-0.2, 0) is 11.2 Å². The van der Waals surface area contributed by atoms with Gasteiger partial charge in [-0.3, -0.25) is 4.79 Å². The van der Waals surface area contributed by atoms with Gasteiger partial charge in [0, 0.05) is 0 Å². The molecular formula is C13H12ClNO. The van der Waals surface area contributed by atoms with Crippen molar-refractivity contribution in [2.45, 2.75) is 11.8 Å². The molecule has 0 spiro atoms. The lowest BCUT2D eigenvalue weighted by Crippen LogP contribution is -2.25. The fourth-order valence-electron chi connectivity index (χ4n) is 1.76. The number of fused-ring (bicyclic) bond motifs is 1.